The summed E-state index contributed by atoms with van der Waals surface area (Å²) in [6.45, 7) is 1.09. The van der Waals surface area contributed by atoms with Gasteiger partial charge in [0, 0.05) is 24.7 Å². The van der Waals surface area contributed by atoms with Crippen LogP contribution >= 0.6 is 0 Å². The number of rotatable bonds is 3. The average Bonchev–Trinajstić information content (AvgIpc) is 3.02. The normalized spacial score (nSPS) is 29.7. The number of carbonyl (C=O) groups is 2. The van der Waals surface area contributed by atoms with Gasteiger partial charge >= 0.3 is 0 Å². The topological polar surface area (TPSA) is 71.5 Å². The molecule has 6 heteroatoms. The number of fused-ring (bicyclic) bond motifs is 1. The lowest BCUT2D eigenvalue weighted by Gasteiger charge is -2.37. The summed E-state index contributed by atoms with van der Waals surface area (Å²) >= 11 is 0. The number of aromatic nitrogens is 1. The van der Waals surface area contributed by atoms with E-state index in [0.717, 1.165) is 12.8 Å². The Morgan fingerprint density at radius 3 is 2.83 bits per heavy atom. The minimum atomic E-state index is -0.0612. The summed E-state index contributed by atoms with van der Waals surface area (Å²) in [6, 6.07) is 5.69. The van der Waals surface area contributed by atoms with E-state index in [1.54, 1.807) is 18.3 Å². The summed E-state index contributed by atoms with van der Waals surface area (Å²) in [5.41, 5.74) is 0.459. The summed E-state index contributed by atoms with van der Waals surface area (Å²) in [4.78, 5) is 31.2. The molecule has 0 aromatic carbocycles. The monoisotopic (exact) mass is 329 g/mol. The molecular formula is C18H23N3O3. The van der Waals surface area contributed by atoms with Crippen LogP contribution in [0, 0.1) is 5.92 Å². The van der Waals surface area contributed by atoms with Crippen LogP contribution in [0.3, 0.4) is 0 Å². The van der Waals surface area contributed by atoms with Crippen LogP contribution in [0.4, 0.5) is 0 Å². The predicted octanol–water partition coefficient (Wildman–Crippen LogP) is 1.37. The van der Waals surface area contributed by atoms with Gasteiger partial charge in [0.1, 0.15) is 5.69 Å². The zero-order valence-electron chi connectivity index (χ0n) is 13.7. The van der Waals surface area contributed by atoms with E-state index in [-0.39, 0.29) is 29.9 Å². The zero-order valence-corrected chi connectivity index (χ0v) is 13.7. The lowest BCUT2D eigenvalue weighted by Crippen LogP contribution is -2.51. The highest BCUT2D eigenvalue weighted by atomic mass is 16.5. The lowest BCUT2D eigenvalue weighted by atomic mass is 9.92. The van der Waals surface area contributed by atoms with Crippen LogP contribution in [0.25, 0.3) is 0 Å². The second-order valence-electron chi connectivity index (χ2n) is 6.99. The van der Waals surface area contributed by atoms with E-state index in [4.69, 9.17) is 4.74 Å². The van der Waals surface area contributed by atoms with Crippen LogP contribution in [0.5, 0.6) is 0 Å². The van der Waals surface area contributed by atoms with Gasteiger partial charge in [-0.25, -0.2) is 0 Å². The van der Waals surface area contributed by atoms with Gasteiger partial charge in [0.05, 0.1) is 18.8 Å². The van der Waals surface area contributed by atoms with Crippen LogP contribution in [-0.2, 0) is 9.53 Å². The van der Waals surface area contributed by atoms with Crippen molar-refractivity contribution in [1.29, 1.82) is 0 Å². The van der Waals surface area contributed by atoms with Crippen molar-refractivity contribution in [1.82, 2.24) is 15.2 Å². The molecule has 2 saturated carbocycles. The largest absolute Gasteiger partial charge is 0.374 e. The number of hydrogen-bond acceptors (Lipinski definition) is 4. The number of nitrogens with one attached hydrogen (secondary N) is 1. The van der Waals surface area contributed by atoms with Gasteiger partial charge in [-0.2, -0.15) is 0 Å². The molecule has 24 heavy (non-hydrogen) atoms. The first-order valence-corrected chi connectivity index (χ1v) is 8.86. The summed E-state index contributed by atoms with van der Waals surface area (Å²) < 4.78 is 5.85. The standard InChI is InChI=1S/C18H23N3O3/c22-17(20-13-4-3-5-13)12-10-15-16(11-12)24-9-8-21(15)18(23)14-6-1-2-7-19-14/h1-2,6-7,12-13,15-16H,3-5,8-11H2,(H,20,22)/t12-,15+,16+/m0/s1. The highest BCUT2D eigenvalue weighted by molar-refractivity contribution is 5.92. The molecule has 2 heterocycles. The first-order valence-electron chi connectivity index (χ1n) is 8.86. The Bertz CT molecular complexity index is 617. The highest BCUT2D eigenvalue weighted by Crippen LogP contribution is 2.35. The first-order chi connectivity index (χ1) is 11.7. The van der Waals surface area contributed by atoms with Gasteiger partial charge in [0.15, 0.2) is 0 Å². The molecule has 3 atom stereocenters. The van der Waals surface area contributed by atoms with Crippen molar-refractivity contribution in [3.8, 4) is 0 Å². The van der Waals surface area contributed by atoms with Crippen LogP contribution in [0.15, 0.2) is 24.4 Å². The van der Waals surface area contributed by atoms with E-state index in [2.05, 4.69) is 10.3 Å². The van der Waals surface area contributed by atoms with Gasteiger partial charge < -0.3 is 15.0 Å². The Labute approximate surface area is 141 Å². The molecule has 2 aliphatic carbocycles. The third kappa shape index (κ3) is 2.90. The van der Waals surface area contributed by atoms with Crippen molar-refractivity contribution >= 4 is 11.8 Å². The number of ether oxygens (including phenoxy) is 1. The van der Waals surface area contributed by atoms with Crippen LogP contribution in [0.1, 0.15) is 42.6 Å². The Morgan fingerprint density at radius 2 is 2.12 bits per heavy atom. The molecule has 1 aromatic heterocycles. The average molecular weight is 329 g/mol. The Balaban J connectivity index is 1.44. The molecule has 6 nitrogen and oxygen atoms in total. The number of morpholine rings is 1. The van der Waals surface area contributed by atoms with Gasteiger partial charge in [-0.1, -0.05) is 6.07 Å². The van der Waals surface area contributed by atoms with E-state index in [0.29, 0.717) is 37.7 Å². The number of amides is 2. The molecule has 1 saturated heterocycles. The molecule has 1 aromatic rings. The number of hydrogen-bond donors (Lipinski definition) is 1. The molecule has 0 radical (unpaired) electrons. The molecule has 128 valence electrons. The lowest BCUT2D eigenvalue weighted by molar-refractivity contribution is -0.126. The van der Waals surface area contributed by atoms with Crippen molar-refractivity contribution in [2.45, 2.75) is 50.3 Å². The Kier molecular flexibility index (Phi) is 4.22. The maximum atomic E-state index is 12.8. The molecule has 4 rings (SSSR count). The van der Waals surface area contributed by atoms with E-state index < -0.39 is 0 Å². The summed E-state index contributed by atoms with van der Waals surface area (Å²) in [7, 11) is 0. The third-order valence-corrected chi connectivity index (χ3v) is 5.50. The number of carbonyl (C=O) groups excluding carboxylic acids is 2. The first kappa shape index (κ1) is 15.6. The van der Waals surface area contributed by atoms with Crippen molar-refractivity contribution in [3.05, 3.63) is 30.1 Å². The fraction of sp³-hybridized carbons (Fsp3) is 0.611. The van der Waals surface area contributed by atoms with Crippen LogP contribution < -0.4 is 5.32 Å². The highest BCUT2D eigenvalue weighted by Gasteiger charge is 2.45. The van der Waals surface area contributed by atoms with Gasteiger partial charge in [-0.3, -0.25) is 14.6 Å². The molecular weight excluding hydrogens is 306 g/mol. The summed E-state index contributed by atoms with van der Waals surface area (Å²) in [5.74, 6) is 0.00891. The summed E-state index contributed by atoms with van der Waals surface area (Å²) in [6.07, 6.45) is 6.36. The minimum absolute atomic E-state index is 0.0228. The van der Waals surface area contributed by atoms with Crippen molar-refractivity contribution < 1.29 is 14.3 Å². The molecule has 2 amide bonds. The molecule has 0 spiro atoms. The zero-order chi connectivity index (χ0) is 16.5. The predicted molar refractivity (Wildman–Crippen MR) is 87.3 cm³/mol. The van der Waals surface area contributed by atoms with Crippen LogP contribution in [-0.4, -0.2) is 53.0 Å². The minimum Gasteiger partial charge on any atom is -0.374 e. The van der Waals surface area contributed by atoms with Gasteiger partial charge in [0.25, 0.3) is 5.91 Å². The Hall–Kier alpha value is -1.95. The third-order valence-electron chi connectivity index (χ3n) is 5.50. The fourth-order valence-electron chi connectivity index (χ4n) is 3.93. The smallest absolute Gasteiger partial charge is 0.272 e. The van der Waals surface area contributed by atoms with Gasteiger partial charge in [-0.15, -0.1) is 0 Å². The molecule has 1 N–H and O–H groups in total. The summed E-state index contributed by atoms with van der Waals surface area (Å²) in [5, 5.41) is 3.13. The molecule has 0 bridgehead atoms. The number of nitrogens with zero attached hydrogens (tertiary/aromatic N) is 2. The molecule has 3 fully saturated rings. The van der Waals surface area contributed by atoms with Crippen LogP contribution in [0.2, 0.25) is 0 Å². The maximum absolute atomic E-state index is 12.8. The SMILES string of the molecule is O=C(NC1CCC1)[C@H]1C[C@@H]2[C@@H](C1)OCCN2C(=O)c1ccccn1. The van der Waals surface area contributed by atoms with E-state index >= 15 is 0 Å². The Morgan fingerprint density at radius 1 is 1.25 bits per heavy atom. The molecule has 1 aliphatic heterocycles. The van der Waals surface area contributed by atoms with Crippen molar-refractivity contribution in [3.63, 3.8) is 0 Å². The molecule has 3 aliphatic rings. The van der Waals surface area contributed by atoms with Crippen molar-refractivity contribution in [2.24, 2.45) is 5.92 Å². The second-order valence-corrected chi connectivity index (χ2v) is 6.99. The fourth-order valence-corrected chi connectivity index (χ4v) is 3.93. The van der Waals surface area contributed by atoms with E-state index in [1.165, 1.54) is 6.42 Å². The van der Waals surface area contributed by atoms with E-state index in [9.17, 15) is 9.59 Å². The maximum Gasteiger partial charge on any atom is 0.272 e. The molecule has 0 unspecified atom stereocenters. The quantitative estimate of drug-likeness (QED) is 0.909. The number of pyridine rings is 1. The van der Waals surface area contributed by atoms with E-state index in [1.807, 2.05) is 11.0 Å². The second kappa shape index (κ2) is 6.51. The van der Waals surface area contributed by atoms with Crippen molar-refractivity contribution in [2.75, 3.05) is 13.2 Å². The van der Waals surface area contributed by atoms with Gasteiger partial charge in [-0.05, 0) is 44.2 Å². The van der Waals surface area contributed by atoms with Gasteiger partial charge in [0.2, 0.25) is 5.91 Å².